The van der Waals surface area contributed by atoms with Gasteiger partial charge in [-0.05, 0) is 19.3 Å². The molecule has 0 saturated heterocycles. The molecule has 3 unspecified atom stereocenters. The summed E-state index contributed by atoms with van der Waals surface area (Å²) in [5, 5.41) is 0. The molecule has 3 atom stereocenters. The van der Waals surface area contributed by atoms with Gasteiger partial charge in [0.15, 0.2) is 5.78 Å². The lowest BCUT2D eigenvalue weighted by Gasteiger charge is -2.53. The number of carbonyl (C=O) groups is 1. The monoisotopic (exact) mass is 208 g/mol. The van der Waals surface area contributed by atoms with E-state index >= 15 is 0 Å². The second-order valence-corrected chi connectivity index (χ2v) is 4.70. The maximum absolute atomic E-state index is 12.1. The van der Waals surface area contributed by atoms with Crippen LogP contribution in [0.3, 0.4) is 0 Å². The molecule has 0 bridgehead atoms. The number of methoxy groups -OCH3 is 1. The minimum atomic E-state index is -0.437. The van der Waals surface area contributed by atoms with Crippen LogP contribution in [0.15, 0.2) is 12.2 Å². The third kappa shape index (κ3) is 1.46. The fourth-order valence-corrected chi connectivity index (χ4v) is 3.06. The summed E-state index contributed by atoms with van der Waals surface area (Å²) in [4.78, 5) is 12.1. The van der Waals surface area contributed by atoms with Gasteiger partial charge in [-0.2, -0.15) is 0 Å². The molecule has 0 heterocycles. The first kappa shape index (κ1) is 10.9. The average Bonchev–Trinajstić information content (AvgIpc) is 2.29. The van der Waals surface area contributed by atoms with E-state index in [9.17, 15) is 4.79 Å². The van der Waals surface area contributed by atoms with E-state index in [0.29, 0.717) is 11.7 Å². The van der Waals surface area contributed by atoms with Gasteiger partial charge in [0.2, 0.25) is 0 Å². The van der Waals surface area contributed by atoms with E-state index < -0.39 is 5.60 Å². The number of allylic oxidation sites excluding steroid dienone is 1. The highest BCUT2D eigenvalue weighted by molar-refractivity contribution is 5.97. The molecule has 84 valence electrons. The minimum Gasteiger partial charge on any atom is -0.370 e. The molecule has 2 heteroatoms. The van der Waals surface area contributed by atoms with Gasteiger partial charge < -0.3 is 4.74 Å². The summed E-state index contributed by atoms with van der Waals surface area (Å²) in [5.41, 5.74) is -0.437. The summed E-state index contributed by atoms with van der Waals surface area (Å²) in [6.45, 7) is 2.17. The fraction of sp³-hybridized carbons (Fsp3) is 0.769. The Morgan fingerprint density at radius 3 is 3.07 bits per heavy atom. The zero-order valence-electron chi connectivity index (χ0n) is 9.66. The smallest absolute Gasteiger partial charge is 0.169 e. The third-order valence-electron chi connectivity index (χ3n) is 3.98. The zero-order chi connectivity index (χ0) is 10.9. The largest absolute Gasteiger partial charge is 0.370 e. The van der Waals surface area contributed by atoms with E-state index in [2.05, 4.69) is 19.1 Å². The lowest BCUT2D eigenvalue weighted by Crippen LogP contribution is -2.64. The molecule has 2 nitrogen and oxygen atoms in total. The summed E-state index contributed by atoms with van der Waals surface area (Å²) < 4.78 is 5.50. The Bertz CT molecular complexity index is 282. The third-order valence-corrected chi connectivity index (χ3v) is 3.98. The Labute approximate surface area is 91.7 Å². The predicted octanol–water partition coefficient (Wildman–Crippen LogP) is 2.73. The van der Waals surface area contributed by atoms with Crippen molar-refractivity contribution in [3.63, 3.8) is 0 Å². The lowest BCUT2D eigenvalue weighted by molar-refractivity contribution is -0.180. The molecular formula is C13H20O2. The number of rotatable bonds is 4. The second kappa shape index (κ2) is 4.09. The summed E-state index contributed by atoms with van der Waals surface area (Å²) in [6.07, 6.45) is 9.63. The van der Waals surface area contributed by atoms with Gasteiger partial charge in [0.05, 0.1) is 0 Å². The summed E-state index contributed by atoms with van der Waals surface area (Å²) in [7, 11) is 1.68. The van der Waals surface area contributed by atoms with Crippen molar-refractivity contribution in [3.05, 3.63) is 12.2 Å². The second-order valence-electron chi connectivity index (χ2n) is 4.70. The van der Waals surface area contributed by atoms with E-state index in [1.165, 1.54) is 6.42 Å². The molecule has 15 heavy (non-hydrogen) atoms. The van der Waals surface area contributed by atoms with E-state index in [1.807, 2.05) is 0 Å². The van der Waals surface area contributed by atoms with Crippen molar-refractivity contribution >= 4 is 5.78 Å². The Kier molecular flexibility index (Phi) is 2.96. The first-order chi connectivity index (χ1) is 7.26. The van der Waals surface area contributed by atoms with E-state index in [0.717, 1.165) is 25.7 Å². The molecule has 0 amide bonds. The lowest BCUT2D eigenvalue weighted by atomic mass is 9.55. The molecule has 0 spiro atoms. The zero-order valence-corrected chi connectivity index (χ0v) is 9.66. The maximum Gasteiger partial charge on any atom is 0.169 e. The van der Waals surface area contributed by atoms with Gasteiger partial charge in [0.1, 0.15) is 5.60 Å². The molecule has 0 aromatic heterocycles. The van der Waals surface area contributed by atoms with Crippen molar-refractivity contribution in [2.24, 2.45) is 11.8 Å². The number of hydrogen-bond acceptors (Lipinski definition) is 2. The Balaban J connectivity index is 2.09. The number of carbonyl (C=O) groups excluding carboxylic acids is 1. The fourth-order valence-electron chi connectivity index (χ4n) is 3.06. The molecule has 2 rings (SSSR count). The predicted molar refractivity (Wildman–Crippen MR) is 59.6 cm³/mol. The molecule has 0 N–H and O–H groups in total. The Morgan fingerprint density at radius 2 is 2.40 bits per heavy atom. The SMILES string of the molecule is CCCCC1C(=O)C2(OC)CCC=CC12. The van der Waals surface area contributed by atoms with E-state index in [1.54, 1.807) is 7.11 Å². The number of fused-ring (bicyclic) bond motifs is 1. The van der Waals surface area contributed by atoms with Crippen LogP contribution in [-0.2, 0) is 9.53 Å². The molecule has 2 aliphatic carbocycles. The van der Waals surface area contributed by atoms with Gasteiger partial charge in [-0.25, -0.2) is 0 Å². The van der Waals surface area contributed by atoms with Crippen LogP contribution in [0.5, 0.6) is 0 Å². The van der Waals surface area contributed by atoms with Crippen molar-refractivity contribution in [2.75, 3.05) is 7.11 Å². The van der Waals surface area contributed by atoms with Gasteiger partial charge in [0, 0.05) is 18.9 Å². The Morgan fingerprint density at radius 1 is 1.60 bits per heavy atom. The van der Waals surface area contributed by atoms with E-state index in [4.69, 9.17) is 4.74 Å². The maximum atomic E-state index is 12.1. The number of ketones is 1. The molecule has 0 aromatic rings. The molecule has 2 aliphatic rings. The van der Waals surface area contributed by atoms with Crippen LogP contribution in [0.1, 0.15) is 39.0 Å². The summed E-state index contributed by atoms with van der Waals surface area (Å²) in [6, 6.07) is 0. The van der Waals surface area contributed by atoms with Crippen molar-refractivity contribution in [1.82, 2.24) is 0 Å². The first-order valence-corrected chi connectivity index (χ1v) is 6.02. The van der Waals surface area contributed by atoms with Crippen LogP contribution < -0.4 is 0 Å². The highest BCUT2D eigenvalue weighted by atomic mass is 16.5. The van der Waals surface area contributed by atoms with Crippen molar-refractivity contribution in [2.45, 2.75) is 44.6 Å². The van der Waals surface area contributed by atoms with Crippen LogP contribution in [-0.4, -0.2) is 18.5 Å². The molecule has 1 fully saturated rings. The minimum absolute atomic E-state index is 0.237. The van der Waals surface area contributed by atoms with Crippen LogP contribution in [0.4, 0.5) is 0 Å². The highest BCUT2D eigenvalue weighted by Crippen LogP contribution is 2.50. The molecule has 1 saturated carbocycles. The normalized spacial score (nSPS) is 38.7. The molecule has 0 radical (unpaired) electrons. The van der Waals surface area contributed by atoms with Gasteiger partial charge in [0.25, 0.3) is 0 Å². The van der Waals surface area contributed by atoms with Crippen LogP contribution in [0.25, 0.3) is 0 Å². The number of Topliss-reactive ketones (excluding diaryl/α,β-unsaturated/α-hetero) is 1. The van der Waals surface area contributed by atoms with Crippen molar-refractivity contribution in [3.8, 4) is 0 Å². The molecule has 0 aliphatic heterocycles. The topological polar surface area (TPSA) is 26.3 Å². The van der Waals surface area contributed by atoms with Crippen LogP contribution in [0.2, 0.25) is 0 Å². The molecular weight excluding hydrogens is 188 g/mol. The van der Waals surface area contributed by atoms with E-state index in [-0.39, 0.29) is 5.92 Å². The quantitative estimate of drug-likeness (QED) is 0.664. The summed E-state index contributed by atoms with van der Waals surface area (Å²) in [5.74, 6) is 0.949. The van der Waals surface area contributed by atoms with Gasteiger partial charge in [-0.1, -0.05) is 31.9 Å². The van der Waals surface area contributed by atoms with Crippen molar-refractivity contribution in [1.29, 1.82) is 0 Å². The average molecular weight is 208 g/mol. The Hall–Kier alpha value is -0.630. The number of ether oxygens (including phenoxy) is 1. The van der Waals surface area contributed by atoms with Crippen LogP contribution in [0, 0.1) is 11.8 Å². The summed E-state index contributed by atoms with van der Waals surface area (Å²) >= 11 is 0. The first-order valence-electron chi connectivity index (χ1n) is 6.02. The number of unbranched alkanes of at least 4 members (excludes halogenated alkanes) is 1. The van der Waals surface area contributed by atoms with Gasteiger partial charge >= 0.3 is 0 Å². The van der Waals surface area contributed by atoms with Crippen molar-refractivity contribution < 1.29 is 9.53 Å². The highest BCUT2D eigenvalue weighted by Gasteiger charge is 2.61. The van der Waals surface area contributed by atoms with Crippen LogP contribution >= 0.6 is 0 Å². The molecule has 0 aromatic carbocycles. The standard InChI is InChI=1S/C13H20O2/c1-3-4-7-10-11-8-5-6-9-13(11,15-2)12(10)14/h5,8,10-11H,3-4,6-7,9H2,1-2H3. The van der Waals surface area contributed by atoms with Gasteiger partial charge in [-0.15, -0.1) is 0 Å². The van der Waals surface area contributed by atoms with Gasteiger partial charge in [-0.3, -0.25) is 4.79 Å². The number of hydrogen-bond donors (Lipinski definition) is 0.